The van der Waals surface area contributed by atoms with Gasteiger partial charge >= 0.3 is 0 Å². The summed E-state index contributed by atoms with van der Waals surface area (Å²) < 4.78 is 0. The third-order valence-electron chi connectivity index (χ3n) is 5.54. The van der Waals surface area contributed by atoms with Gasteiger partial charge in [-0.3, -0.25) is 19.4 Å². The Balaban J connectivity index is 1.75. The molecule has 0 atom stereocenters. The minimum Gasteiger partial charge on any atom is -0.321 e. The molecule has 7 heteroatoms. The van der Waals surface area contributed by atoms with E-state index in [4.69, 9.17) is 0 Å². The van der Waals surface area contributed by atoms with Gasteiger partial charge in [0, 0.05) is 29.5 Å². The number of nitrogens with zero attached hydrogens (tertiary/aromatic N) is 2. The zero-order valence-electron chi connectivity index (χ0n) is 17.3. The highest BCUT2D eigenvalue weighted by atomic mass is 16.2. The zero-order valence-corrected chi connectivity index (χ0v) is 17.3. The highest BCUT2D eigenvalue weighted by molar-refractivity contribution is 6.23. The maximum Gasteiger partial charge on any atom is 0.252 e. The van der Waals surface area contributed by atoms with Crippen molar-refractivity contribution in [2.24, 2.45) is 4.99 Å². The lowest BCUT2D eigenvalue weighted by Crippen LogP contribution is -2.23. The fourth-order valence-corrected chi connectivity index (χ4v) is 3.98. The second kappa shape index (κ2) is 7.93. The first kappa shape index (κ1) is 20.1. The number of aliphatic imine (C=N–C) groups is 1. The lowest BCUT2D eigenvalue weighted by atomic mass is 9.84. The number of Topliss-reactive ketones (excluding diaryl/α,β-unsaturated/α-hetero) is 1. The molecule has 2 aliphatic carbocycles. The SMILES string of the molecule is CNCCC1=C2C(=O)C=CC(C3=CC=C4N=CC(CCN(C)C)=C4C3=O)=C2NC1=O. The maximum atomic E-state index is 13.4. The van der Waals surface area contributed by atoms with E-state index in [1.54, 1.807) is 25.4 Å². The topological polar surface area (TPSA) is 90.9 Å². The molecule has 0 spiro atoms. The van der Waals surface area contributed by atoms with Crippen molar-refractivity contribution >= 4 is 23.7 Å². The number of rotatable bonds is 7. The molecular formula is C23H24N4O3. The van der Waals surface area contributed by atoms with Crippen LogP contribution in [-0.4, -0.2) is 62.8 Å². The van der Waals surface area contributed by atoms with E-state index in [-0.39, 0.29) is 17.5 Å². The van der Waals surface area contributed by atoms with Crippen LogP contribution in [0.25, 0.3) is 0 Å². The van der Waals surface area contributed by atoms with Crippen molar-refractivity contribution in [3.8, 4) is 0 Å². The van der Waals surface area contributed by atoms with Gasteiger partial charge in [-0.15, -0.1) is 0 Å². The fraction of sp³-hybridized carbons (Fsp3) is 0.304. The Labute approximate surface area is 175 Å². The van der Waals surface area contributed by atoms with Crippen LogP contribution in [0.4, 0.5) is 0 Å². The summed E-state index contributed by atoms with van der Waals surface area (Å²) in [6.45, 7) is 1.39. The number of ketones is 2. The summed E-state index contributed by atoms with van der Waals surface area (Å²) in [5.74, 6) is -0.620. The lowest BCUT2D eigenvalue weighted by Gasteiger charge is -2.19. The Bertz CT molecular complexity index is 1080. The number of nitrogens with one attached hydrogen (secondary N) is 2. The number of amides is 1. The Morgan fingerprint density at radius 3 is 2.60 bits per heavy atom. The standard InChI is InChI=1S/C23H24N4O3/c1-24-10-8-16-20-18(28)7-5-14(21(20)26-23(16)30)15-4-6-17-19(22(15)29)13(12-25-17)9-11-27(2)3/h4-7,12,24H,8-11H2,1-3H3,(H,26,30). The van der Waals surface area contributed by atoms with Crippen LogP contribution >= 0.6 is 0 Å². The van der Waals surface area contributed by atoms with Gasteiger partial charge in [-0.1, -0.05) is 0 Å². The van der Waals surface area contributed by atoms with Gasteiger partial charge in [0.1, 0.15) is 0 Å². The second-order valence-corrected chi connectivity index (χ2v) is 7.82. The number of carbonyl (C=O) groups is 3. The molecule has 2 N–H and O–H groups in total. The van der Waals surface area contributed by atoms with E-state index in [1.807, 2.05) is 20.2 Å². The van der Waals surface area contributed by atoms with Crippen molar-refractivity contribution in [1.29, 1.82) is 0 Å². The van der Waals surface area contributed by atoms with E-state index < -0.39 is 0 Å². The molecule has 0 aromatic rings. The van der Waals surface area contributed by atoms with Gasteiger partial charge in [0.2, 0.25) is 0 Å². The van der Waals surface area contributed by atoms with Crippen LogP contribution in [0, 0.1) is 0 Å². The van der Waals surface area contributed by atoms with Crippen molar-refractivity contribution in [2.45, 2.75) is 12.8 Å². The molecule has 0 aromatic heterocycles. The number of fused-ring (bicyclic) bond motifs is 2. The monoisotopic (exact) mass is 404 g/mol. The first-order chi connectivity index (χ1) is 14.4. The minimum atomic E-state index is -0.278. The van der Waals surface area contributed by atoms with E-state index in [2.05, 4.69) is 20.5 Å². The molecule has 0 saturated carbocycles. The number of hydrogen-bond donors (Lipinski definition) is 2. The summed E-state index contributed by atoms with van der Waals surface area (Å²) in [7, 11) is 5.77. The molecule has 0 saturated heterocycles. The highest BCUT2D eigenvalue weighted by Gasteiger charge is 2.37. The minimum absolute atomic E-state index is 0.127. The van der Waals surface area contributed by atoms with Crippen LogP contribution in [0.2, 0.25) is 0 Å². The zero-order chi connectivity index (χ0) is 21.4. The van der Waals surface area contributed by atoms with Crippen molar-refractivity contribution < 1.29 is 14.4 Å². The summed E-state index contributed by atoms with van der Waals surface area (Å²) >= 11 is 0. The van der Waals surface area contributed by atoms with E-state index in [9.17, 15) is 14.4 Å². The molecule has 2 heterocycles. The van der Waals surface area contributed by atoms with Crippen LogP contribution in [0.15, 0.2) is 74.1 Å². The quantitative estimate of drug-likeness (QED) is 0.664. The molecule has 1 amide bonds. The van der Waals surface area contributed by atoms with Gasteiger partial charge < -0.3 is 15.5 Å². The number of allylic oxidation sites excluding steroid dienone is 8. The third-order valence-corrected chi connectivity index (χ3v) is 5.54. The van der Waals surface area contributed by atoms with Crippen molar-refractivity contribution in [3.63, 3.8) is 0 Å². The Morgan fingerprint density at radius 1 is 1.07 bits per heavy atom. The van der Waals surface area contributed by atoms with Crippen LogP contribution < -0.4 is 10.6 Å². The lowest BCUT2D eigenvalue weighted by molar-refractivity contribution is -0.116. The van der Waals surface area contributed by atoms with E-state index in [1.165, 1.54) is 6.08 Å². The number of hydrogen-bond acceptors (Lipinski definition) is 6. The van der Waals surface area contributed by atoms with E-state index >= 15 is 0 Å². The third kappa shape index (κ3) is 3.36. The first-order valence-electron chi connectivity index (χ1n) is 9.98. The molecule has 0 bridgehead atoms. The van der Waals surface area contributed by atoms with Crippen LogP contribution in [-0.2, 0) is 14.4 Å². The van der Waals surface area contributed by atoms with Crippen LogP contribution in [0.5, 0.6) is 0 Å². The molecule has 0 aromatic carbocycles. The predicted molar refractivity (Wildman–Crippen MR) is 115 cm³/mol. The average molecular weight is 404 g/mol. The van der Waals surface area contributed by atoms with Crippen molar-refractivity contribution in [1.82, 2.24) is 15.5 Å². The molecule has 154 valence electrons. The molecule has 0 radical (unpaired) electrons. The Morgan fingerprint density at radius 2 is 1.87 bits per heavy atom. The molecule has 7 nitrogen and oxygen atoms in total. The Kier molecular flexibility index (Phi) is 5.32. The molecule has 2 aliphatic heterocycles. The van der Waals surface area contributed by atoms with E-state index in [0.29, 0.717) is 52.2 Å². The molecule has 4 aliphatic rings. The van der Waals surface area contributed by atoms with Crippen LogP contribution in [0.3, 0.4) is 0 Å². The van der Waals surface area contributed by atoms with Gasteiger partial charge in [-0.05, 0) is 70.4 Å². The second-order valence-electron chi connectivity index (χ2n) is 7.82. The van der Waals surface area contributed by atoms with Gasteiger partial charge in [0.15, 0.2) is 11.6 Å². The summed E-state index contributed by atoms with van der Waals surface area (Å²) in [5, 5.41) is 5.82. The Hall–Kier alpha value is -3.16. The van der Waals surface area contributed by atoms with Gasteiger partial charge in [0.05, 0.1) is 22.5 Å². The van der Waals surface area contributed by atoms with Gasteiger partial charge in [-0.2, -0.15) is 0 Å². The average Bonchev–Trinajstić information content (AvgIpc) is 3.27. The van der Waals surface area contributed by atoms with Gasteiger partial charge in [-0.25, -0.2) is 0 Å². The van der Waals surface area contributed by atoms with Gasteiger partial charge in [0.25, 0.3) is 5.91 Å². The molecule has 0 fully saturated rings. The summed E-state index contributed by atoms with van der Waals surface area (Å²) in [6.07, 6.45) is 9.54. The van der Waals surface area contributed by atoms with Crippen LogP contribution in [0.1, 0.15) is 12.8 Å². The van der Waals surface area contributed by atoms with E-state index in [0.717, 1.165) is 18.5 Å². The largest absolute Gasteiger partial charge is 0.321 e. The fourth-order valence-electron chi connectivity index (χ4n) is 3.98. The normalized spacial score (nSPS) is 20.3. The molecular weight excluding hydrogens is 380 g/mol. The summed E-state index contributed by atoms with van der Waals surface area (Å²) in [4.78, 5) is 44.9. The molecule has 4 rings (SSSR count). The smallest absolute Gasteiger partial charge is 0.252 e. The molecule has 30 heavy (non-hydrogen) atoms. The highest BCUT2D eigenvalue weighted by Crippen LogP contribution is 2.38. The first-order valence-corrected chi connectivity index (χ1v) is 9.98. The maximum absolute atomic E-state index is 13.4. The summed E-state index contributed by atoms with van der Waals surface area (Å²) in [5.41, 5.74) is 4.49. The van der Waals surface area contributed by atoms with Crippen molar-refractivity contribution in [3.05, 3.63) is 69.1 Å². The predicted octanol–water partition coefficient (Wildman–Crippen LogP) is 1.14. The van der Waals surface area contributed by atoms with Crippen molar-refractivity contribution in [2.75, 3.05) is 34.2 Å². The number of carbonyl (C=O) groups excluding carboxylic acids is 3. The summed E-state index contributed by atoms with van der Waals surface area (Å²) in [6, 6.07) is 0. The molecule has 0 unspecified atom stereocenters.